The van der Waals surface area contributed by atoms with E-state index in [1.165, 1.54) is 0 Å². The fourth-order valence-electron chi connectivity index (χ4n) is 1.16. The second-order valence-electron chi connectivity index (χ2n) is 3.83. The SMILES string of the molecule is CC/C(C)=N/NC(=O)CNc1c(Br)cc(Br)cc1Br. The van der Waals surface area contributed by atoms with E-state index in [2.05, 4.69) is 63.6 Å². The Morgan fingerprint density at radius 1 is 1.26 bits per heavy atom. The van der Waals surface area contributed by atoms with Crippen LogP contribution < -0.4 is 10.7 Å². The van der Waals surface area contributed by atoms with E-state index in [0.717, 1.165) is 31.2 Å². The maximum atomic E-state index is 11.6. The van der Waals surface area contributed by atoms with Gasteiger partial charge in [-0.1, -0.05) is 22.9 Å². The van der Waals surface area contributed by atoms with Crippen LogP contribution >= 0.6 is 47.8 Å². The topological polar surface area (TPSA) is 53.5 Å². The van der Waals surface area contributed by atoms with Gasteiger partial charge in [0.1, 0.15) is 0 Å². The van der Waals surface area contributed by atoms with Gasteiger partial charge < -0.3 is 5.32 Å². The van der Waals surface area contributed by atoms with Gasteiger partial charge in [-0.3, -0.25) is 4.79 Å². The standard InChI is InChI=1S/C12H14Br3N3O/c1-3-7(2)17-18-11(19)6-16-12-9(14)4-8(13)5-10(12)15/h4-5,16H,3,6H2,1-2H3,(H,18,19)/b17-7+. The van der Waals surface area contributed by atoms with Crippen LogP contribution in [0.1, 0.15) is 20.3 Å². The fourth-order valence-corrected chi connectivity index (χ4v) is 3.70. The summed E-state index contributed by atoms with van der Waals surface area (Å²) in [6.45, 7) is 4.01. The Labute approximate surface area is 137 Å². The Bertz CT molecular complexity index is 480. The van der Waals surface area contributed by atoms with Crippen LogP contribution in [-0.2, 0) is 4.79 Å². The van der Waals surface area contributed by atoms with Gasteiger partial charge in [-0.2, -0.15) is 5.10 Å². The third-order valence-electron chi connectivity index (χ3n) is 2.32. The smallest absolute Gasteiger partial charge is 0.259 e. The highest BCUT2D eigenvalue weighted by Crippen LogP contribution is 2.34. The largest absolute Gasteiger partial charge is 0.374 e. The molecule has 0 aliphatic rings. The molecule has 104 valence electrons. The van der Waals surface area contributed by atoms with Crippen LogP contribution in [0.15, 0.2) is 30.7 Å². The second kappa shape index (κ2) is 8.01. The summed E-state index contributed by atoms with van der Waals surface area (Å²) in [5, 5.41) is 7.01. The highest BCUT2D eigenvalue weighted by atomic mass is 79.9. The molecule has 0 bridgehead atoms. The maximum absolute atomic E-state index is 11.6. The van der Waals surface area contributed by atoms with Crippen molar-refractivity contribution in [1.82, 2.24) is 5.43 Å². The molecule has 0 atom stereocenters. The molecule has 1 amide bonds. The van der Waals surface area contributed by atoms with Crippen molar-refractivity contribution in [3.63, 3.8) is 0 Å². The van der Waals surface area contributed by atoms with E-state index in [-0.39, 0.29) is 12.5 Å². The molecule has 7 heteroatoms. The number of rotatable bonds is 5. The molecular weight excluding hydrogens is 442 g/mol. The number of amides is 1. The summed E-state index contributed by atoms with van der Waals surface area (Å²) >= 11 is 10.3. The van der Waals surface area contributed by atoms with Gasteiger partial charge in [-0.15, -0.1) is 0 Å². The van der Waals surface area contributed by atoms with Crippen molar-refractivity contribution in [2.24, 2.45) is 5.10 Å². The van der Waals surface area contributed by atoms with Crippen molar-refractivity contribution in [3.8, 4) is 0 Å². The molecule has 0 fully saturated rings. The van der Waals surface area contributed by atoms with Gasteiger partial charge in [-0.25, -0.2) is 5.43 Å². The molecule has 0 unspecified atom stereocenters. The first-order valence-electron chi connectivity index (χ1n) is 5.64. The zero-order chi connectivity index (χ0) is 14.4. The quantitative estimate of drug-likeness (QED) is 0.514. The Hall–Kier alpha value is -0.400. The van der Waals surface area contributed by atoms with E-state index in [1.54, 1.807) is 0 Å². The average molecular weight is 456 g/mol. The number of nitrogens with zero attached hydrogens (tertiary/aromatic N) is 1. The Morgan fingerprint density at radius 3 is 2.37 bits per heavy atom. The van der Waals surface area contributed by atoms with Crippen LogP contribution in [0.3, 0.4) is 0 Å². The maximum Gasteiger partial charge on any atom is 0.259 e. The van der Waals surface area contributed by atoms with Crippen LogP contribution in [0.2, 0.25) is 0 Å². The van der Waals surface area contributed by atoms with Crippen molar-refractivity contribution in [2.75, 3.05) is 11.9 Å². The summed E-state index contributed by atoms with van der Waals surface area (Å²) in [7, 11) is 0. The Morgan fingerprint density at radius 2 is 1.84 bits per heavy atom. The molecule has 0 saturated carbocycles. The lowest BCUT2D eigenvalue weighted by Gasteiger charge is -2.10. The zero-order valence-electron chi connectivity index (χ0n) is 10.6. The van der Waals surface area contributed by atoms with E-state index < -0.39 is 0 Å². The first kappa shape index (κ1) is 16.7. The second-order valence-corrected chi connectivity index (χ2v) is 6.46. The minimum Gasteiger partial charge on any atom is -0.374 e. The number of carbonyl (C=O) groups is 1. The summed E-state index contributed by atoms with van der Waals surface area (Å²) in [4.78, 5) is 11.6. The summed E-state index contributed by atoms with van der Waals surface area (Å²) in [6, 6.07) is 3.81. The van der Waals surface area contributed by atoms with Gasteiger partial charge in [0, 0.05) is 19.1 Å². The molecule has 1 rings (SSSR count). The summed E-state index contributed by atoms with van der Waals surface area (Å²) in [5.41, 5.74) is 4.22. The molecule has 1 aromatic carbocycles. The van der Waals surface area contributed by atoms with E-state index in [4.69, 9.17) is 0 Å². The van der Waals surface area contributed by atoms with Crippen LogP contribution in [0.25, 0.3) is 0 Å². The first-order valence-corrected chi connectivity index (χ1v) is 8.02. The van der Waals surface area contributed by atoms with Crippen molar-refractivity contribution in [2.45, 2.75) is 20.3 Å². The molecule has 0 saturated heterocycles. The van der Waals surface area contributed by atoms with Gasteiger partial charge in [0.15, 0.2) is 0 Å². The molecule has 0 radical (unpaired) electrons. The van der Waals surface area contributed by atoms with Crippen LogP contribution in [0.5, 0.6) is 0 Å². The lowest BCUT2D eigenvalue weighted by Crippen LogP contribution is -2.26. The van der Waals surface area contributed by atoms with Crippen molar-refractivity contribution in [1.29, 1.82) is 0 Å². The van der Waals surface area contributed by atoms with Gasteiger partial charge in [0.2, 0.25) is 0 Å². The van der Waals surface area contributed by atoms with E-state index >= 15 is 0 Å². The summed E-state index contributed by atoms with van der Waals surface area (Å²) in [6.07, 6.45) is 0.817. The number of halogens is 3. The lowest BCUT2D eigenvalue weighted by molar-refractivity contribution is -0.119. The lowest BCUT2D eigenvalue weighted by atomic mass is 10.3. The summed E-state index contributed by atoms with van der Waals surface area (Å²) in [5.74, 6) is -0.186. The molecule has 19 heavy (non-hydrogen) atoms. The predicted octanol–water partition coefficient (Wildman–Crippen LogP) is 4.29. The number of carbonyl (C=O) groups excluding carboxylic acids is 1. The molecule has 0 aliphatic heterocycles. The molecule has 1 aromatic rings. The van der Waals surface area contributed by atoms with Crippen molar-refractivity contribution in [3.05, 3.63) is 25.6 Å². The molecule has 0 aromatic heterocycles. The monoisotopic (exact) mass is 453 g/mol. The molecule has 0 spiro atoms. The van der Waals surface area contributed by atoms with Gasteiger partial charge in [0.25, 0.3) is 5.91 Å². The minimum atomic E-state index is -0.186. The number of anilines is 1. The Kier molecular flexibility index (Phi) is 7.02. The third kappa shape index (κ3) is 5.62. The van der Waals surface area contributed by atoms with Gasteiger partial charge in [-0.05, 0) is 57.3 Å². The minimum absolute atomic E-state index is 0.152. The molecule has 0 aliphatic carbocycles. The molecule has 2 N–H and O–H groups in total. The molecule has 0 heterocycles. The van der Waals surface area contributed by atoms with Crippen molar-refractivity contribution >= 4 is 65.1 Å². The Balaban J connectivity index is 2.60. The van der Waals surface area contributed by atoms with Gasteiger partial charge >= 0.3 is 0 Å². The number of benzene rings is 1. The van der Waals surface area contributed by atoms with Crippen LogP contribution in [-0.4, -0.2) is 18.2 Å². The van der Waals surface area contributed by atoms with E-state index in [1.807, 2.05) is 26.0 Å². The van der Waals surface area contributed by atoms with Crippen molar-refractivity contribution < 1.29 is 4.79 Å². The van der Waals surface area contributed by atoms with E-state index in [9.17, 15) is 4.79 Å². The first-order chi connectivity index (χ1) is 8.93. The zero-order valence-corrected chi connectivity index (χ0v) is 15.3. The average Bonchev–Trinajstić information content (AvgIpc) is 2.34. The third-order valence-corrected chi connectivity index (χ3v) is 4.02. The summed E-state index contributed by atoms with van der Waals surface area (Å²) < 4.78 is 2.69. The predicted molar refractivity (Wildman–Crippen MR) is 89.6 cm³/mol. The highest BCUT2D eigenvalue weighted by Gasteiger charge is 2.08. The van der Waals surface area contributed by atoms with Crippen LogP contribution in [0.4, 0.5) is 5.69 Å². The normalized spacial score (nSPS) is 11.3. The number of hydrogen-bond acceptors (Lipinski definition) is 3. The molecule has 4 nitrogen and oxygen atoms in total. The highest BCUT2D eigenvalue weighted by molar-refractivity contribution is 9.11. The van der Waals surface area contributed by atoms with Crippen LogP contribution in [0, 0.1) is 0 Å². The fraction of sp³-hybridized carbons (Fsp3) is 0.333. The van der Waals surface area contributed by atoms with E-state index in [0.29, 0.717) is 0 Å². The number of hydrogen-bond donors (Lipinski definition) is 2. The number of hydrazone groups is 1. The molecular formula is C12H14Br3N3O. The number of nitrogens with one attached hydrogen (secondary N) is 2. The van der Waals surface area contributed by atoms with Gasteiger partial charge in [0.05, 0.1) is 12.2 Å².